The fourth-order valence-electron chi connectivity index (χ4n) is 3.87. The van der Waals surface area contributed by atoms with Crippen molar-refractivity contribution < 1.29 is 22.0 Å². The Balaban J connectivity index is 1.55. The van der Waals surface area contributed by atoms with Crippen molar-refractivity contribution in [3.05, 3.63) is 64.9 Å². The number of anilines is 3. The summed E-state index contributed by atoms with van der Waals surface area (Å²) in [5, 5.41) is 15.8. The second kappa shape index (κ2) is 11.7. The number of nitrogens with zero attached hydrogens (tertiary/aromatic N) is 3. The van der Waals surface area contributed by atoms with Crippen LogP contribution in [0.4, 0.5) is 26.2 Å². The van der Waals surface area contributed by atoms with Gasteiger partial charge < -0.3 is 16.0 Å². The lowest BCUT2D eigenvalue weighted by atomic mass is 10.1. The van der Waals surface area contributed by atoms with Crippen molar-refractivity contribution in [2.24, 2.45) is 0 Å². The number of H-pyrrole nitrogens is 1. The number of carbonyl (C=O) groups is 1. The number of carbonyl (C=O) groups excluding carboxylic acids is 1. The third kappa shape index (κ3) is 7.30. The largest absolute Gasteiger partial charge is 0.363 e. The molecular weight excluding hydrogens is 528 g/mol. The molecule has 0 spiro atoms. The first kappa shape index (κ1) is 28.4. The summed E-state index contributed by atoms with van der Waals surface area (Å²) in [5.74, 6) is -1.48. The van der Waals surface area contributed by atoms with Gasteiger partial charge in [-0.1, -0.05) is 12.1 Å². The van der Waals surface area contributed by atoms with Gasteiger partial charge in [0.1, 0.15) is 17.4 Å². The Labute approximate surface area is 226 Å². The van der Waals surface area contributed by atoms with Crippen LogP contribution in [0.2, 0.25) is 0 Å². The molecule has 1 amide bonds. The van der Waals surface area contributed by atoms with Crippen molar-refractivity contribution in [1.82, 2.24) is 24.8 Å². The van der Waals surface area contributed by atoms with Crippen LogP contribution in [0.25, 0.3) is 0 Å². The maximum Gasteiger partial charge on any atom is 0.236 e. The van der Waals surface area contributed by atoms with Gasteiger partial charge in [0, 0.05) is 48.9 Å². The second-order valence-electron chi connectivity index (χ2n) is 9.99. The Bertz CT molecular complexity index is 1420. The molecule has 1 atom stereocenters. The van der Waals surface area contributed by atoms with Gasteiger partial charge in [0.25, 0.3) is 0 Å². The Morgan fingerprint density at radius 3 is 2.46 bits per heavy atom. The van der Waals surface area contributed by atoms with Crippen molar-refractivity contribution in [3.8, 4) is 0 Å². The zero-order chi connectivity index (χ0) is 28.3. The van der Waals surface area contributed by atoms with Crippen LogP contribution in [0.5, 0.6) is 0 Å². The van der Waals surface area contributed by atoms with Crippen molar-refractivity contribution in [2.45, 2.75) is 58.2 Å². The number of hydrogen-bond donors (Lipinski definition) is 4. The molecule has 2 aromatic heterocycles. The van der Waals surface area contributed by atoms with Gasteiger partial charge in [-0.05, 0) is 57.4 Å². The molecule has 13 heteroatoms. The van der Waals surface area contributed by atoms with E-state index in [1.54, 1.807) is 26.0 Å². The molecule has 2 heterocycles. The molecule has 0 aliphatic heterocycles. The quantitative estimate of drug-likeness (QED) is 0.261. The van der Waals surface area contributed by atoms with E-state index in [4.69, 9.17) is 0 Å². The van der Waals surface area contributed by atoms with Crippen LogP contribution in [-0.4, -0.2) is 52.7 Å². The fraction of sp³-hybridized carbons (Fsp3) is 0.423. The minimum Gasteiger partial charge on any atom is -0.363 e. The summed E-state index contributed by atoms with van der Waals surface area (Å²) in [6, 6.07) is 8.30. The number of benzene rings is 1. The zero-order valence-electron chi connectivity index (χ0n) is 22.3. The van der Waals surface area contributed by atoms with Crippen LogP contribution >= 0.6 is 0 Å². The summed E-state index contributed by atoms with van der Waals surface area (Å²) < 4.78 is 54.6. The van der Waals surface area contributed by atoms with E-state index in [9.17, 15) is 17.6 Å². The first-order valence-electron chi connectivity index (χ1n) is 12.7. The number of aromatic amines is 1. The third-order valence-electron chi connectivity index (χ3n) is 6.59. The number of nitrogens with one attached hydrogen (secondary N) is 4. The average Bonchev–Trinajstić information content (AvgIpc) is 3.62. The van der Waals surface area contributed by atoms with Crippen molar-refractivity contribution in [1.29, 1.82) is 0 Å². The Hall–Kier alpha value is -3.58. The van der Waals surface area contributed by atoms with Gasteiger partial charge in [0.15, 0.2) is 17.5 Å². The zero-order valence-corrected chi connectivity index (χ0v) is 23.1. The monoisotopic (exact) mass is 561 g/mol. The van der Waals surface area contributed by atoms with Gasteiger partial charge in [-0.15, -0.1) is 0 Å². The number of hydrogen-bond acceptors (Lipinski definition) is 7. The van der Waals surface area contributed by atoms with E-state index in [-0.39, 0.29) is 36.1 Å². The standard InChI is InChI=1S/C26H33F2N7O3S/c1-15(2)35(4)39(37,38)14-24(36)29-13-19-11-21(28)26(31-23-12-22(33-34-23)18-5-6-18)32-25(19)30-16(3)17-7-9-20(27)10-8-17/h7-12,15-16,18H,5-6,13-14H2,1-4H3,(H,29,36)(H3,30,31,32,33,34). The summed E-state index contributed by atoms with van der Waals surface area (Å²) >= 11 is 0. The fourth-order valence-corrected chi connectivity index (χ4v) is 5.15. The number of pyridine rings is 1. The minimum atomic E-state index is -3.82. The molecule has 4 rings (SSSR count). The molecule has 1 aromatic carbocycles. The molecule has 210 valence electrons. The predicted molar refractivity (Wildman–Crippen MR) is 145 cm³/mol. The summed E-state index contributed by atoms with van der Waals surface area (Å²) in [5.41, 5.74) is 2.03. The van der Waals surface area contributed by atoms with Crippen molar-refractivity contribution >= 4 is 33.4 Å². The third-order valence-corrected chi connectivity index (χ3v) is 8.52. The van der Waals surface area contributed by atoms with E-state index >= 15 is 4.39 Å². The van der Waals surface area contributed by atoms with Gasteiger partial charge in [-0.3, -0.25) is 9.89 Å². The first-order chi connectivity index (χ1) is 18.4. The molecule has 1 aliphatic rings. The molecule has 39 heavy (non-hydrogen) atoms. The maximum atomic E-state index is 15.1. The van der Waals surface area contributed by atoms with Gasteiger partial charge in [0.05, 0.1) is 0 Å². The Morgan fingerprint density at radius 1 is 1.13 bits per heavy atom. The molecule has 0 saturated heterocycles. The van der Waals surface area contributed by atoms with Crippen LogP contribution in [0, 0.1) is 11.6 Å². The average molecular weight is 562 g/mol. The van der Waals surface area contributed by atoms with E-state index in [1.165, 1.54) is 25.2 Å². The lowest BCUT2D eigenvalue weighted by Gasteiger charge is -2.21. The summed E-state index contributed by atoms with van der Waals surface area (Å²) in [7, 11) is -2.41. The van der Waals surface area contributed by atoms with E-state index in [0.717, 1.165) is 28.4 Å². The highest BCUT2D eigenvalue weighted by atomic mass is 32.2. The van der Waals surface area contributed by atoms with Crippen LogP contribution in [-0.2, 0) is 21.4 Å². The topological polar surface area (TPSA) is 132 Å². The normalized spacial score (nSPS) is 14.5. The van der Waals surface area contributed by atoms with Crippen LogP contribution in [0.3, 0.4) is 0 Å². The highest BCUT2D eigenvalue weighted by Gasteiger charge is 2.26. The number of sulfonamides is 1. The van der Waals surface area contributed by atoms with Gasteiger partial charge in [-0.25, -0.2) is 26.5 Å². The van der Waals surface area contributed by atoms with Crippen molar-refractivity contribution in [2.75, 3.05) is 23.4 Å². The Kier molecular flexibility index (Phi) is 8.50. The summed E-state index contributed by atoms with van der Waals surface area (Å²) in [6.07, 6.45) is 2.16. The second-order valence-corrected chi connectivity index (χ2v) is 12.0. The van der Waals surface area contributed by atoms with Crippen molar-refractivity contribution in [3.63, 3.8) is 0 Å². The summed E-state index contributed by atoms with van der Waals surface area (Å²) in [4.78, 5) is 16.9. The molecule has 3 aromatic rings. The molecular formula is C26H33F2N7O3S. The molecule has 1 unspecified atom stereocenters. The van der Waals surface area contributed by atoms with Gasteiger partial charge in [-0.2, -0.15) is 5.10 Å². The Morgan fingerprint density at radius 2 is 1.82 bits per heavy atom. The lowest BCUT2D eigenvalue weighted by molar-refractivity contribution is -0.118. The number of amides is 1. The van der Waals surface area contributed by atoms with Crippen LogP contribution in [0.15, 0.2) is 36.4 Å². The van der Waals surface area contributed by atoms with Gasteiger partial charge >= 0.3 is 0 Å². The van der Waals surface area contributed by atoms with Crippen LogP contribution in [0.1, 0.15) is 62.4 Å². The molecule has 10 nitrogen and oxygen atoms in total. The molecule has 0 radical (unpaired) electrons. The summed E-state index contributed by atoms with van der Waals surface area (Å²) in [6.45, 7) is 5.07. The number of halogens is 2. The van der Waals surface area contributed by atoms with Crippen LogP contribution < -0.4 is 16.0 Å². The SMILES string of the molecule is CC(Nc1nc(Nc2cc(C3CC3)[nH]n2)c(F)cc1CNC(=O)CS(=O)(=O)N(C)C(C)C)c1ccc(F)cc1. The van der Waals surface area contributed by atoms with E-state index in [2.05, 4.69) is 31.1 Å². The predicted octanol–water partition coefficient (Wildman–Crippen LogP) is 4.16. The maximum absolute atomic E-state index is 15.1. The highest BCUT2D eigenvalue weighted by Crippen LogP contribution is 2.39. The molecule has 1 fully saturated rings. The van der Waals surface area contributed by atoms with Gasteiger partial charge in [0.2, 0.25) is 15.9 Å². The molecule has 1 saturated carbocycles. The lowest BCUT2D eigenvalue weighted by Crippen LogP contribution is -2.40. The molecule has 0 bridgehead atoms. The minimum absolute atomic E-state index is 0.0751. The first-order valence-corrected chi connectivity index (χ1v) is 14.3. The van der Waals surface area contributed by atoms with E-state index in [1.807, 2.05) is 13.0 Å². The number of aromatic nitrogens is 3. The molecule has 1 aliphatic carbocycles. The smallest absolute Gasteiger partial charge is 0.236 e. The number of rotatable bonds is 12. The molecule has 4 N–H and O–H groups in total. The highest BCUT2D eigenvalue weighted by molar-refractivity contribution is 7.89. The van der Waals surface area contributed by atoms with E-state index in [0.29, 0.717) is 17.3 Å². The van der Waals surface area contributed by atoms with E-state index < -0.39 is 27.5 Å².